The smallest absolute Gasteiger partial charge is 0.306 e. The third-order valence-electron chi connectivity index (χ3n) is 3.42. The van der Waals surface area contributed by atoms with Crippen molar-refractivity contribution < 1.29 is 9.53 Å². The molecule has 1 aromatic rings. The Morgan fingerprint density at radius 2 is 2.28 bits per heavy atom. The van der Waals surface area contributed by atoms with Gasteiger partial charge < -0.3 is 15.4 Å². The van der Waals surface area contributed by atoms with Gasteiger partial charge in [-0.05, 0) is 18.9 Å². The van der Waals surface area contributed by atoms with Crippen molar-refractivity contribution in [3.8, 4) is 0 Å². The molecular weight excluding hydrogens is 232 g/mol. The van der Waals surface area contributed by atoms with Crippen LogP contribution in [0.3, 0.4) is 0 Å². The van der Waals surface area contributed by atoms with Crippen LogP contribution in [0.1, 0.15) is 25.3 Å². The van der Waals surface area contributed by atoms with Gasteiger partial charge >= 0.3 is 5.97 Å². The number of nitrogens with zero attached hydrogens (tertiary/aromatic N) is 3. The summed E-state index contributed by atoms with van der Waals surface area (Å²) in [6.07, 6.45) is 4.49. The van der Waals surface area contributed by atoms with Crippen molar-refractivity contribution in [2.75, 3.05) is 32.5 Å². The minimum atomic E-state index is -0.142. The number of piperidine rings is 1. The number of anilines is 1. The number of hydrogen-bond acceptors (Lipinski definition) is 5. The molecule has 1 saturated heterocycles. The molecular formula is C12H20N4O2. The van der Waals surface area contributed by atoms with Gasteiger partial charge in [-0.25, -0.2) is 0 Å². The summed E-state index contributed by atoms with van der Waals surface area (Å²) in [6.45, 7) is 2.75. The second-order valence-electron chi connectivity index (χ2n) is 4.62. The number of rotatable bonds is 4. The molecule has 0 unspecified atom stereocenters. The van der Waals surface area contributed by atoms with Gasteiger partial charge in [0.1, 0.15) is 5.82 Å². The monoisotopic (exact) mass is 252 g/mol. The Labute approximate surface area is 107 Å². The third-order valence-corrected chi connectivity index (χ3v) is 3.42. The van der Waals surface area contributed by atoms with Gasteiger partial charge in [-0.3, -0.25) is 9.48 Å². The van der Waals surface area contributed by atoms with Crippen molar-refractivity contribution in [3.05, 3.63) is 12.3 Å². The minimum Gasteiger partial charge on any atom is -0.469 e. The second-order valence-corrected chi connectivity index (χ2v) is 4.62. The van der Waals surface area contributed by atoms with Crippen LogP contribution < -0.4 is 5.73 Å². The molecule has 100 valence electrons. The quantitative estimate of drug-likeness (QED) is 0.797. The normalized spacial score (nSPS) is 17.8. The molecule has 2 rings (SSSR count). The number of carbonyl (C=O) groups is 1. The van der Waals surface area contributed by atoms with Crippen molar-refractivity contribution in [3.63, 3.8) is 0 Å². The molecule has 1 aromatic heterocycles. The molecule has 0 atom stereocenters. The summed E-state index contributed by atoms with van der Waals surface area (Å²) < 4.78 is 6.59. The fraction of sp³-hybridized carbons (Fsp3) is 0.667. The Morgan fingerprint density at radius 3 is 2.83 bits per heavy atom. The lowest BCUT2D eigenvalue weighted by atomic mass is 10.1. The molecule has 18 heavy (non-hydrogen) atoms. The van der Waals surface area contributed by atoms with Gasteiger partial charge in [0.25, 0.3) is 0 Å². The highest BCUT2D eigenvalue weighted by molar-refractivity contribution is 5.69. The highest BCUT2D eigenvalue weighted by Gasteiger charge is 2.21. The predicted octanol–water partition coefficient (Wildman–Crippen LogP) is 0.665. The fourth-order valence-corrected chi connectivity index (χ4v) is 2.32. The van der Waals surface area contributed by atoms with Crippen LogP contribution >= 0.6 is 0 Å². The van der Waals surface area contributed by atoms with E-state index in [4.69, 9.17) is 5.73 Å². The first-order valence-corrected chi connectivity index (χ1v) is 6.29. The van der Waals surface area contributed by atoms with Crippen LogP contribution in [0.5, 0.6) is 0 Å². The number of nitrogens with two attached hydrogens (primary N) is 1. The number of methoxy groups -OCH3 is 1. The summed E-state index contributed by atoms with van der Waals surface area (Å²) in [5, 5.41) is 4.25. The molecule has 1 fully saturated rings. The number of hydrogen-bond donors (Lipinski definition) is 1. The van der Waals surface area contributed by atoms with Crippen LogP contribution in [0.2, 0.25) is 0 Å². The number of carbonyl (C=O) groups excluding carboxylic acids is 1. The van der Waals surface area contributed by atoms with Gasteiger partial charge in [0.05, 0.1) is 19.6 Å². The molecule has 0 aromatic carbocycles. The largest absolute Gasteiger partial charge is 0.469 e. The zero-order chi connectivity index (χ0) is 13.0. The Bertz CT molecular complexity index is 397. The highest BCUT2D eigenvalue weighted by Crippen LogP contribution is 2.22. The number of aromatic nitrogens is 2. The topological polar surface area (TPSA) is 73.4 Å². The zero-order valence-corrected chi connectivity index (χ0v) is 10.7. The van der Waals surface area contributed by atoms with Gasteiger partial charge in [-0.1, -0.05) is 0 Å². The molecule has 0 saturated carbocycles. The van der Waals surface area contributed by atoms with Crippen LogP contribution in [0, 0.1) is 0 Å². The molecule has 1 aliphatic heterocycles. The minimum absolute atomic E-state index is 0.142. The van der Waals surface area contributed by atoms with Gasteiger partial charge in [0.15, 0.2) is 0 Å². The van der Waals surface area contributed by atoms with E-state index in [0.29, 0.717) is 18.3 Å². The van der Waals surface area contributed by atoms with E-state index in [0.717, 1.165) is 32.5 Å². The molecule has 0 amide bonds. The lowest BCUT2D eigenvalue weighted by molar-refractivity contribution is -0.141. The van der Waals surface area contributed by atoms with E-state index in [1.54, 1.807) is 0 Å². The molecule has 6 nitrogen and oxygen atoms in total. The van der Waals surface area contributed by atoms with Crippen molar-refractivity contribution in [1.29, 1.82) is 0 Å². The van der Waals surface area contributed by atoms with Crippen LogP contribution in [-0.4, -0.2) is 47.4 Å². The summed E-state index contributed by atoms with van der Waals surface area (Å²) >= 11 is 0. The summed E-state index contributed by atoms with van der Waals surface area (Å²) in [5.74, 6) is 0.431. The molecule has 1 aliphatic rings. The SMILES string of the molecule is COC(=O)CCN1CCC(n2ccc(N)n2)CC1. The molecule has 0 radical (unpaired) electrons. The number of likely N-dealkylation sites (tertiary alicyclic amines) is 1. The lowest BCUT2D eigenvalue weighted by Gasteiger charge is -2.31. The molecule has 2 N–H and O–H groups in total. The Hall–Kier alpha value is -1.56. The molecule has 2 heterocycles. The van der Waals surface area contributed by atoms with E-state index in [2.05, 4.69) is 14.7 Å². The first kappa shape index (κ1) is 12.9. The summed E-state index contributed by atoms with van der Waals surface area (Å²) in [4.78, 5) is 13.4. The Kier molecular flexibility index (Phi) is 4.19. The van der Waals surface area contributed by atoms with Crippen LogP contribution in [0.25, 0.3) is 0 Å². The lowest BCUT2D eigenvalue weighted by Crippen LogP contribution is -2.36. The Balaban J connectivity index is 1.76. The highest BCUT2D eigenvalue weighted by atomic mass is 16.5. The van der Waals surface area contributed by atoms with E-state index in [1.807, 2.05) is 16.9 Å². The van der Waals surface area contributed by atoms with E-state index in [-0.39, 0.29) is 5.97 Å². The van der Waals surface area contributed by atoms with Gasteiger partial charge in [-0.15, -0.1) is 0 Å². The van der Waals surface area contributed by atoms with Crippen LogP contribution in [0.4, 0.5) is 5.82 Å². The maximum absolute atomic E-state index is 11.1. The van der Waals surface area contributed by atoms with Crippen molar-refractivity contribution in [2.45, 2.75) is 25.3 Å². The van der Waals surface area contributed by atoms with Gasteiger partial charge in [-0.2, -0.15) is 5.10 Å². The zero-order valence-electron chi connectivity index (χ0n) is 10.7. The number of ether oxygens (including phenoxy) is 1. The Morgan fingerprint density at radius 1 is 1.56 bits per heavy atom. The molecule has 6 heteroatoms. The van der Waals surface area contributed by atoms with E-state index in [9.17, 15) is 4.79 Å². The standard InChI is InChI=1S/C12H20N4O2/c1-18-12(17)5-8-15-6-2-10(3-7-15)16-9-4-11(13)14-16/h4,9-10H,2-3,5-8H2,1H3,(H2,13,14). The average molecular weight is 252 g/mol. The predicted molar refractivity (Wildman–Crippen MR) is 68.0 cm³/mol. The van der Waals surface area contributed by atoms with Crippen LogP contribution in [-0.2, 0) is 9.53 Å². The first-order chi connectivity index (χ1) is 8.69. The third kappa shape index (κ3) is 3.22. The van der Waals surface area contributed by atoms with E-state index < -0.39 is 0 Å². The first-order valence-electron chi connectivity index (χ1n) is 6.29. The maximum Gasteiger partial charge on any atom is 0.306 e. The maximum atomic E-state index is 11.1. The van der Waals surface area contributed by atoms with Crippen molar-refractivity contribution in [2.24, 2.45) is 0 Å². The average Bonchev–Trinajstić information content (AvgIpc) is 2.83. The fourth-order valence-electron chi connectivity index (χ4n) is 2.32. The molecule has 0 bridgehead atoms. The molecule has 0 spiro atoms. The van der Waals surface area contributed by atoms with Crippen LogP contribution in [0.15, 0.2) is 12.3 Å². The summed E-state index contributed by atoms with van der Waals surface area (Å²) in [5.41, 5.74) is 5.62. The number of esters is 1. The van der Waals surface area contributed by atoms with Crippen molar-refractivity contribution in [1.82, 2.24) is 14.7 Å². The van der Waals surface area contributed by atoms with Crippen molar-refractivity contribution >= 4 is 11.8 Å². The summed E-state index contributed by atoms with van der Waals surface area (Å²) in [7, 11) is 1.43. The number of nitrogen functional groups attached to an aromatic ring is 1. The molecule has 0 aliphatic carbocycles. The second kappa shape index (κ2) is 5.86. The van der Waals surface area contributed by atoms with E-state index >= 15 is 0 Å². The van der Waals surface area contributed by atoms with Gasteiger partial charge in [0, 0.05) is 25.8 Å². The van der Waals surface area contributed by atoms with E-state index in [1.165, 1.54) is 7.11 Å². The summed E-state index contributed by atoms with van der Waals surface area (Å²) in [6, 6.07) is 2.25. The van der Waals surface area contributed by atoms with Gasteiger partial charge in [0.2, 0.25) is 0 Å².